The summed E-state index contributed by atoms with van der Waals surface area (Å²) in [6, 6.07) is 15.9. The molecule has 0 saturated carbocycles. The average molecular weight is 493 g/mol. The molecule has 11 nitrogen and oxygen atoms in total. The molecule has 1 heterocycles. The van der Waals surface area contributed by atoms with Crippen LogP contribution in [0.5, 0.6) is 0 Å². The Hall–Kier alpha value is -3.64. The highest BCUT2D eigenvalue weighted by Crippen LogP contribution is 2.36. The van der Waals surface area contributed by atoms with Gasteiger partial charge in [0.05, 0.1) is 0 Å². The van der Waals surface area contributed by atoms with Crippen LogP contribution in [0.4, 0.5) is 15.3 Å². The SMILES string of the molecule is C[C@H](OC(=O)Nc1ccccc1)[C@@H]1[C@@H]([C@@H](C)OC(=O)OCc2ccccc2)C(=O)N1S(=O)(=O)O. The van der Waals surface area contributed by atoms with Crippen LogP contribution in [0, 0.1) is 5.92 Å². The minimum atomic E-state index is -4.94. The van der Waals surface area contributed by atoms with E-state index in [1.807, 2.05) is 0 Å². The zero-order valence-electron chi connectivity index (χ0n) is 18.4. The molecule has 2 aromatic carbocycles. The van der Waals surface area contributed by atoms with Crippen molar-refractivity contribution in [3.8, 4) is 0 Å². The van der Waals surface area contributed by atoms with Crippen molar-refractivity contribution in [2.24, 2.45) is 5.92 Å². The van der Waals surface area contributed by atoms with Crippen molar-refractivity contribution in [1.29, 1.82) is 0 Å². The number of β-lactam (4-membered cyclic amide) rings is 1. The average Bonchev–Trinajstić information content (AvgIpc) is 2.76. The Kier molecular flexibility index (Phi) is 7.74. The van der Waals surface area contributed by atoms with Crippen molar-refractivity contribution in [1.82, 2.24) is 4.31 Å². The number of hydrogen-bond donors (Lipinski definition) is 2. The molecule has 3 rings (SSSR count). The second kappa shape index (κ2) is 10.5. The molecule has 1 aliphatic rings. The molecule has 1 aliphatic heterocycles. The van der Waals surface area contributed by atoms with Crippen molar-refractivity contribution >= 4 is 34.1 Å². The standard InChI is InChI=1S/C22H24N2O9S/c1-14(33-22(27)31-13-16-9-5-3-6-10-16)18-19(24(20(18)25)34(28,29)30)15(2)32-21(26)23-17-11-7-4-8-12-17/h3-12,14-15,18-19H,13H2,1-2H3,(H,23,26)(H,28,29,30)/t14-,15+,18-,19-/m1/s1. The highest BCUT2D eigenvalue weighted by atomic mass is 32.2. The van der Waals surface area contributed by atoms with Crippen LogP contribution in [0.1, 0.15) is 19.4 Å². The maximum absolute atomic E-state index is 12.5. The molecule has 1 saturated heterocycles. The largest absolute Gasteiger partial charge is 0.508 e. The topological polar surface area (TPSA) is 149 Å². The Labute approximate surface area is 196 Å². The van der Waals surface area contributed by atoms with Gasteiger partial charge in [-0.25, -0.2) is 13.9 Å². The van der Waals surface area contributed by atoms with Gasteiger partial charge in [0.1, 0.15) is 30.8 Å². The first-order chi connectivity index (χ1) is 16.1. The Morgan fingerprint density at radius 2 is 1.59 bits per heavy atom. The van der Waals surface area contributed by atoms with Gasteiger partial charge in [-0.05, 0) is 31.5 Å². The van der Waals surface area contributed by atoms with Gasteiger partial charge in [-0.15, -0.1) is 0 Å². The second-order valence-corrected chi connectivity index (χ2v) is 8.87. The van der Waals surface area contributed by atoms with Gasteiger partial charge < -0.3 is 14.2 Å². The third-order valence-electron chi connectivity index (χ3n) is 5.17. The minimum Gasteiger partial charge on any atom is -0.444 e. The van der Waals surface area contributed by atoms with E-state index in [1.54, 1.807) is 60.7 Å². The lowest BCUT2D eigenvalue weighted by atomic mass is 9.83. The van der Waals surface area contributed by atoms with Crippen LogP contribution in [0.15, 0.2) is 60.7 Å². The molecule has 2 aromatic rings. The molecule has 1 fully saturated rings. The molecular weight excluding hydrogens is 468 g/mol. The molecular formula is C22H24N2O9S. The molecule has 34 heavy (non-hydrogen) atoms. The zero-order valence-corrected chi connectivity index (χ0v) is 19.2. The second-order valence-electron chi connectivity index (χ2n) is 7.58. The van der Waals surface area contributed by atoms with E-state index in [2.05, 4.69) is 5.32 Å². The van der Waals surface area contributed by atoms with Crippen LogP contribution in [0.2, 0.25) is 0 Å². The lowest BCUT2D eigenvalue weighted by molar-refractivity contribution is -0.161. The van der Waals surface area contributed by atoms with E-state index in [0.29, 0.717) is 11.3 Å². The summed E-state index contributed by atoms with van der Waals surface area (Å²) in [6.07, 6.45) is -4.28. The Morgan fingerprint density at radius 1 is 1.00 bits per heavy atom. The molecule has 0 unspecified atom stereocenters. The highest BCUT2D eigenvalue weighted by molar-refractivity contribution is 7.84. The van der Waals surface area contributed by atoms with E-state index in [1.165, 1.54) is 13.8 Å². The van der Waals surface area contributed by atoms with E-state index in [9.17, 15) is 27.4 Å². The summed E-state index contributed by atoms with van der Waals surface area (Å²) in [5, 5.41) is 2.47. The molecule has 0 aromatic heterocycles. The molecule has 2 amide bonds. The fraction of sp³-hybridized carbons (Fsp3) is 0.318. The van der Waals surface area contributed by atoms with Crippen LogP contribution in [-0.2, 0) is 35.9 Å². The predicted octanol–water partition coefficient (Wildman–Crippen LogP) is 3.00. The molecule has 0 spiro atoms. The summed E-state index contributed by atoms with van der Waals surface area (Å²) in [5.41, 5.74) is 1.15. The molecule has 0 radical (unpaired) electrons. The molecule has 2 N–H and O–H groups in total. The van der Waals surface area contributed by atoms with Crippen molar-refractivity contribution < 1.29 is 41.6 Å². The van der Waals surface area contributed by atoms with E-state index in [0.717, 1.165) is 0 Å². The number of hydrogen-bond acceptors (Lipinski definition) is 8. The number of amides is 2. The zero-order chi connectivity index (χ0) is 24.9. The van der Waals surface area contributed by atoms with Gasteiger partial charge in [0, 0.05) is 5.69 Å². The Bertz CT molecular complexity index is 1130. The summed E-state index contributed by atoms with van der Waals surface area (Å²) < 4.78 is 48.6. The Morgan fingerprint density at radius 3 is 2.18 bits per heavy atom. The lowest BCUT2D eigenvalue weighted by Gasteiger charge is -2.47. The number of nitrogens with one attached hydrogen (secondary N) is 1. The lowest BCUT2D eigenvalue weighted by Crippen LogP contribution is -2.70. The molecule has 0 aliphatic carbocycles. The van der Waals surface area contributed by atoms with Gasteiger partial charge in [0.2, 0.25) is 5.91 Å². The number of carbonyl (C=O) groups excluding carboxylic acids is 3. The number of ether oxygens (including phenoxy) is 3. The van der Waals surface area contributed by atoms with Crippen LogP contribution >= 0.6 is 0 Å². The smallest absolute Gasteiger partial charge is 0.444 e. The molecule has 12 heteroatoms. The summed E-state index contributed by atoms with van der Waals surface area (Å²) in [7, 11) is -4.94. The fourth-order valence-corrected chi connectivity index (χ4v) is 4.57. The number of nitrogens with zero attached hydrogens (tertiary/aromatic N) is 1. The predicted molar refractivity (Wildman–Crippen MR) is 119 cm³/mol. The molecule has 4 atom stereocenters. The summed E-state index contributed by atoms with van der Waals surface area (Å²) in [5.74, 6) is -2.21. The summed E-state index contributed by atoms with van der Waals surface area (Å²) >= 11 is 0. The maximum Gasteiger partial charge on any atom is 0.508 e. The number of para-hydroxylation sites is 1. The number of rotatable bonds is 8. The highest BCUT2D eigenvalue weighted by Gasteiger charge is 2.59. The van der Waals surface area contributed by atoms with E-state index in [4.69, 9.17) is 14.2 Å². The van der Waals surface area contributed by atoms with Gasteiger partial charge in [0.15, 0.2) is 0 Å². The van der Waals surface area contributed by atoms with Crippen molar-refractivity contribution in [3.63, 3.8) is 0 Å². The van der Waals surface area contributed by atoms with Crippen LogP contribution in [-0.4, -0.2) is 53.7 Å². The van der Waals surface area contributed by atoms with Gasteiger partial charge in [-0.3, -0.25) is 14.7 Å². The van der Waals surface area contributed by atoms with Crippen LogP contribution in [0.3, 0.4) is 0 Å². The Balaban J connectivity index is 1.65. The van der Waals surface area contributed by atoms with Crippen LogP contribution < -0.4 is 5.32 Å². The monoisotopic (exact) mass is 492 g/mol. The number of anilines is 1. The third-order valence-corrected chi connectivity index (χ3v) is 6.09. The van der Waals surface area contributed by atoms with Crippen molar-refractivity contribution in [2.45, 2.75) is 38.7 Å². The molecule has 182 valence electrons. The molecule has 0 bridgehead atoms. The first kappa shape index (κ1) is 25.0. The van der Waals surface area contributed by atoms with Crippen molar-refractivity contribution in [2.75, 3.05) is 5.32 Å². The van der Waals surface area contributed by atoms with E-state index < -0.39 is 52.6 Å². The summed E-state index contributed by atoms with van der Waals surface area (Å²) in [6.45, 7) is 2.66. The quantitative estimate of drug-likeness (QED) is 0.322. The van der Waals surface area contributed by atoms with Gasteiger partial charge in [-0.2, -0.15) is 8.42 Å². The normalized spacial score (nSPS) is 19.4. The number of carbonyl (C=O) groups is 3. The number of benzene rings is 2. The van der Waals surface area contributed by atoms with Crippen molar-refractivity contribution in [3.05, 3.63) is 66.2 Å². The fourth-order valence-electron chi connectivity index (χ4n) is 3.62. The van der Waals surface area contributed by atoms with Crippen LogP contribution in [0.25, 0.3) is 0 Å². The summed E-state index contributed by atoms with van der Waals surface area (Å²) in [4.78, 5) is 36.8. The third kappa shape index (κ3) is 6.02. The maximum atomic E-state index is 12.5. The van der Waals surface area contributed by atoms with E-state index >= 15 is 0 Å². The first-order valence-electron chi connectivity index (χ1n) is 10.3. The van der Waals surface area contributed by atoms with Gasteiger partial charge >= 0.3 is 22.6 Å². The minimum absolute atomic E-state index is 0.0647. The van der Waals surface area contributed by atoms with Gasteiger partial charge in [-0.1, -0.05) is 48.5 Å². The first-order valence-corrected chi connectivity index (χ1v) is 11.7. The van der Waals surface area contributed by atoms with E-state index in [-0.39, 0.29) is 10.9 Å². The van der Waals surface area contributed by atoms with Gasteiger partial charge in [0.25, 0.3) is 0 Å².